The molecule has 1 aliphatic rings. The number of alkyl halides is 2. The van der Waals surface area contributed by atoms with Gasteiger partial charge in [0.25, 0.3) is 5.92 Å². The zero-order valence-electron chi connectivity index (χ0n) is 9.41. The maximum atomic E-state index is 13.4. The van der Waals surface area contributed by atoms with Crippen LogP contribution in [-0.4, -0.2) is 23.9 Å². The number of piperidine rings is 1. The Labute approximate surface area is 101 Å². The van der Waals surface area contributed by atoms with Gasteiger partial charge in [-0.2, -0.15) is 4.39 Å². The molecule has 4 nitrogen and oxygen atoms in total. The first kappa shape index (κ1) is 12.7. The molecule has 1 heterocycles. The van der Waals surface area contributed by atoms with E-state index in [-0.39, 0.29) is 31.6 Å². The van der Waals surface area contributed by atoms with Crippen molar-refractivity contribution in [1.82, 2.24) is 0 Å². The van der Waals surface area contributed by atoms with E-state index in [1.807, 2.05) is 0 Å². The summed E-state index contributed by atoms with van der Waals surface area (Å²) in [6, 6.07) is 3.70. The molecule has 98 valence electrons. The van der Waals surface area contributed by atoms with Crippen LogP contribution in [0, 0.1) is 15.9 Å². The highest BCUT2D eigenvalue weighted by atomic mass is 19.3. The van der Waals surface area contributed by atoms with Crippen molar-refractivity contribution in [3.63, 3.8) is 0 Å². The second-order valence-electron chi connectivity index (χ2n) is 4.21. The minimum Gasteiger partial charge on any atom is -0.365 e. The third-order valence-corrected chi connectivity index (χ3v) is 2.98. The fourth-order valence-electron chi connectivity index (χ4n) is 2.01. The van der Waals surface area contributed by atoms with Gasteiger partial charge in [0.2, 0.25) is 5.82 Å². The van der Waals surface area contributed by atoms with Crippen LogP contribution >= 0.6 is 0 Å². The van der Waals surface area contributed by atoms with Crippen LogP contribution in [0.15, 0.2) is 18.2 Å². The lowest BCUT2D eigenvalue weighted by atomic mass is 10.1. The minimum absolute atomic E-state index is 0.0166. The number of hydrogen-bond acceptors (Lipinski definition) is 3. The molecule has 0 radical (unpaired) electrons. The van der Waals surface area contributed by atoms with Gasteiger partial charge >= 0.3 is 5.69 Å². The minimum atomic E-state index is -2.74. The highest BCUT2D eigenvalue weighted by Crippen LogP contribution is 2.35. The smallest absolute Gasteiger partial charge is 0.327 e. The van der Waals surface area contributed by atoms with Gasteiger partial charge < -0.3 is 4.90 Å². The standard InChI is InChI=1S/C11H11F3N2O2/c12-8-2-1-3-9(10(8)16(17)18)15-6-4-11(13,14)5-7-15/h1-3H,4-7H2. The number of nitro groups is 1. The number of rotatable bonds is 2. The fraction of sp³-hybridized carbons (Fsp3) is 0.455. The Hall–Kier alpha value is -1.79. The summed E-state index contributed by atoms with van der Waals surface area (Å²) in [4.78, 5) is 11.4. The van der Waals surface area contributed by atoms with Crippen molar-refractivity contribution in [3.05, 3.63) is 34.1 Å². The maximum Gasteiger partial charge on any atom is 0.327 e. The maximum absolute atomic E-state index is 13.4. The number of hydrogen-bond donors (Lipinski definition) is 0. The van der Waals surface area contributed by atoms with Gasteiger partial charge in [-0.25, -0.2) is 8.78 Å². The monoisotopic (exact) mass is 260 g/mol. The molecule has 0 N–H and O–H groups in total. The molecule has 7 heteroatoms. The number of nitrogens with zero attached hydrogens (tertiary/aromatic N) is 2. The first-order chi connectivity index (χ1) is 8.41. The average Bonchev–Trinajstić information content (AvgIpc) is 2.28. The lowest BCUT2D eigenvalue weighted by Gasteiger charge is -2.32. The highest BCUT2D eigenvalue weighted by molar-refractivity contribution is 5.64. The summed E-state index contributed by atoms with van der Waals surface area (Å²) < 4.78 is 39.4. The van der Waals surface area contributed by atoms with Gasteiger partial charge in [0.15, 0.2) is 0 Å². The van der Waals surface area contributed by atoms with E-state index in [4.69, 9.17) is 0 Å². The van der Waals surface area contributed by atoms with Crippen LogP contribution in [0.5, 0.6) is 0 Å². The summed E-state index contributed by atoms with van der Waals surface area (Å²) in [6.45, 7) is -0.0331. The van der Waals surface area contributed by atoms with E-state index in [0.717, 1.165) is 6.07 Å². The summed E-state index contributed by atoms with van der Waals surface area (Å²) in [5, 5.41) is 10.8. The number of anilines is 1. The molecule has 0 bridgehead atoms. The third kappa shape index (κ3) is 2.39. The SMILES string of the molecule is O=[N+]([O-])c1c(F)cccc1N1CCC(F)(F)CC1. The lowest BCUT2D eigenvalue weighted by Crippen LogP contribution is -2.39. The number of nitro benzene ring substituents is 1. The van der Waals surface area contributed by atoms with Crippen LogP contribution in [0.25, 0.3) is 0 Å². The molecule has 1 saturated heterocycles. The van der Waals surface area contributed by atoms with Gasteiger partial charge in [-0.1, -0.05) is 6.07 Å². The van der Waals surface area contributed by atoms with Gasteiger partial charge in [0, 0.05) is 25.9 Å². The van der Waals surface area contributed by atoms with Gasteiger partial charge in [-0.3, -0.25) is 10.1 Å². The molecular weight excluding hydrogens is 249 g/mol. The van der Waals surface area contributed by atoms with Gasteiger partial charge in [0.05, 0.1) is 4.92 Å². The van der Waals surface area contributed by atoms with Crippen LogP contribution in [0.2, 0.25) is 0 Å². The largest absolute Gasteiger partial charge is 0.365 e. The molecule has 0 saturated carbocycles. The Morgan fingerprint density at radius 2 is 1.89 bits per heavy atom. The molecule has 2 rings (SSSR count). The molecule has 0 amide bonds. The van der Waals surface area contributed by atoms with Crippen LogP contribution in [0.1, 0.15) is 12.8 Å². The van der Waals surface area contributed by atoms with Gasteiger partial charge in [-0.15, -0.1) is 0 Å². The summed E-state index contributed by atoms with van der Waals surface area (Å²) >= 11 is 0. The van der Waals surface area contributed by atoms with Crippen molar-refractivity contribution in [1.29, 1.82) is 0 Å². The van der Waals surface area contributed by atoms with Crippen molar-refractivity contribution in [2.24, 2.45) is 0 Å². The van der Waals surface area contributed by atoms with E-state index in [2.05, 4.69) is 0 Å². The Morgan fingerprint density at radius 1 is 1.28 bits per heavy atom. The van der Waals surface area contributed by atoms with E-state index in [1.54, 1.807) is 0 Å². The van der Waals surface area contributed by atoms with Crippen LogP contribution < -0.4 is 4.90 Å². The van der Waals surface area contributed by atoms with E-state index in [9.17, 15) is 23.3 Å². The number of halogens is 3. The molecule has 1 aromatic carbocycles. The fourth-order valence-corrected chi connectivity index (χ4v) is 2.01. The van der Waals surface area contributed by atoms with Gasteiger partial charge in [0.1, 0.15) is 5.69 Å². The van der Waals surface area contributed by atoms with Crippen LogP contribution in [-0.2, 0) is 0 Å². The van der Waals surface area contributed by atoms with Crippen molar-refractivity contribution >= 4 is 11.4 Å². The van der Waals surface area contributed by atoms with Crippen molar-refractivity contribution in [2.75, 3.05) is 18.0 Å². The Bertz CT molecular complexity index is 469. The Morgan fingerprint density at radius 3 is 2.44 bits per heavy atom. The number of benzene rings is 1. The molecule has 0 aromatic heterocycles. The van der Waals surface area contributed by atoms with Crippen molar-refractivity contribution in [2.45, 2.75) is 18.8 Å². The Kier molecular flexibility index (Phi) is 3.14. The summed E-state index contributed by atoms with van der Waals surface area (Å²) in [5.74, 6) is -3.69. The van der Waals surface area contributed by atoms with Gasteiger partial charge in [-0.05, 0) is 12.1 Å². The molecule has 1 fully saturated rings. The van der Waals surface area contributed by atoms with Crippen molar-refractivity contribution < 1.29 is 18.1 Å². The summed E-state index contributed by atoms with van der Waals surface area (Å²) in [7, 11) is 0. The predicted octanol–water partition coefficient (Wildman–Crippen LogP) is 2.97. The van der Waals surface area contributed by atoms with Crippen LogP contribution in [0.4, 0.5) is 24.5 Å². The first-order valence-electron chi connectivity index (χ1n) is 5.46. The topological polar surface area (TPSA) is 46.4 Å². The van der Waals surface area contributed by atoms with E-state index in [1.165, 1.54) is 17.0 Å². The number of para-hydroxylation sites is 1. The van der Waals surface area contributed by atoms with E-state index >= 15 is 0 Å². The highest BCUT2D eigenvalue weighted by Gasteiger charge is 2.36. The Balaban J connectivity index is 2.30. The molecule has 0 atom stereocenters. The third-order valence-electron chi connectivity index (χ3n) is 2.98. The second-order valence-corrected chi connectivity index (χ2v) is 4.21. The quantitative estimate of drug-likeness (QED) is 0.606. The molecule has 1 aromatic rings. The zero-order valence-corrected chi connectivity index (χ0v) is 9.41. The predicted molar refractivity (Wildman–Crippen MR) is 59.4 cm³/mol. The average molecular weight is 260 g/mol. The molecule has 18 heavy (non-hydrogen) atoms. The molecule has 0 spiro atoms. The molecule has 0 unspecified atom stereocenters. The summed E-state index contributed by atoms with van der Waals surface area (Å²) in [6.07, 6.45) is -0.749. The molecule has 1 aliphatic heterocycles. The zero-order chi connectivity index (χ0) is 13.3. The normalized spacial score (nSPS) is 18.7. The molecule has 0 aliphatic carbocycles. The van der Waals surface area contributed by atoms with E-state index < -0.39 is 22.4 Å². The summed E-state index contributed by atoms with van der Waals surface area (Å²) in [5.41, 5.74) is -0.585. The van der Waals surface area contributed by atoms with Crippen molar-refractivity contribution in [3.8, 4) is 0 Å². The van der Waals surface area contributed by atoms with Crippen LogP contribution in [0.3, 0.4) is 0 Å². The van der Waals surface area contributed by atoms with E-state index in [0.29, 0.717) is 0 Å². The second kappa shape index (κ2) is 4.47. The molecular formula is C11H11F3N2O2. The lowest BCUT2D eigenvalue weighted by molar-refractivity contribution is -0.386. The first-order valence-corrected chi connectivity index (χ1v) is 5.46.